The lowest BCUT2D eigenvalue weighted by Crippen LogP contribution is -2.52. The van der Waals surface area contributed by atoms with Crippen LogP contribution in [0.3, 0.4) is 0 Å². The maximum atomic E-state index is 9.89. The maximum absolute atomic E-state index is 9.89. The zero-order chi connectivity index (χ0) is 9.97. The fourth-order valence-electron chi connectivity index (χ4n) is 2.59. The quantitative estimate of drug-likeness (QED) is 0.680. The summed E-state index contributed by atoms with van der Waals surface area (Å²) in [7, 11) is 0. The van der Waals surface area contributed by atoms with Gasteiger partial charge in [-0.15, -0.1) is 0 Å². The summed E-state index contributed by atoms with van der Waals surface area (Å²) in [5.41, 5.74) is 0. The van der Waals surface area contributed by atoms with E-state index in [0.717, 1.165) is 32.0 Å². The third-order valence-corrected chi connectivity index (χ3v) is 3.45. The van der Waals surface area contributed by atoms with E-state index in [-0.39, 0.29) is 12.1 Å². The fraction of sp³-hybridized carbons (Fsp3) is 1.00. The number of piperidine rings is 1. The molecule has 0 aromatic rings. The topological polar surface area (TPSA) is 32.7 Å². The monoisotopic (exact) mass is 199 g/mol. The number of rotatable bonds is 1. The molecular formula is C11H21NO2. The predicted molar refractivity (Wildman–Crippen MR) is 55.2 cm³/mol. The minimum absolute atomic E-state index is 0.172. The minimum atomic E-state index is -0.172. The van der Waals surface area contributed by atoms with Crippen molar-refractivity contribution < 1.29 is 9.84 Å². The summed E-state index contributed by atoms with van der Waals surface area (Å²) in [5.74, 6) is 0.776. The van der Waals surface area contributed by atoms with Gasteiger partial charge in [-0.05, 0) is 31.7 Å². The number of ether oxygens (including phenoxy) is 1. The molecule has 0 radical (unpaired) electrons. The number of aliphatic hydroxyl groups excluding tert-OH is 1. The molecule has 0 aromatic heterocycles. The van der Waals surface area contributed by atoms with E-state index in [2.05, 4.69) is 11.8 Å². The van der Waals surface area contributed by atoms with Crippen LogP contribution in [0.2, 0.25) is 0 Å². The van der Waals surface area contributed by atoms with Crippen LogP contribution in [0.5, 0.6) is 0 Å². The number of hydrogen-bond donors (Lipinski definition) is 1. The SMILES string of the molecule is CC1CCCN(C2COCCC2O)C1. The minimum Gasteiger partial charge on any atom is -0.391 e. The highest BCUT2D eigenvalue weighted by molar-refractivity contribution is 4.84. The summed E-state index contributed by atoms with van der Waals surface area (Å²) < 4.78 is 5.44. The molecule has 82 valence electrons. The molecule has 3 unspecified atom stereocenters. The Morgan fingerprint density at radius 3 is 2.93 bits per heavy atom. The molecule has 0 aromatic carbocycles. The van der Waals surface area contributed by atoms with Crippen molar-refractivity contribution in [2.45, 2.75) is 38.3 Å². The molecule has 3 atom stereocenters. The summed E-state index contributed by atoms with van der Waals surface area (Å²) in [6, 6.07) is 0.256. The molecule has 2 aliphatic rings. The molecule has 0 amide bonds. The van der Waals surface area contributed by atoms with E-state index in [1.54, 1.807) is 0 Å². The highest BCUT2D eigenvalue weighted by Crippen LogP contribution is 2.22. The Hall–Kier alpha value is -0.120. The van der Waals surface area contributed by atoms with Gasteiger partial charge < -0.3 is 9.84 Å². The smallest absolute Gasteiger partial charge is 0.0739 e. The van der Waals surface area contributed by atoms with Crippen molar-refractivity contribution in [2.24, 2.45) is 5.92 Å². The molecule has 1 N–H and O–H groups in total. The average Bonchev–Trinajstić information content (AvgIpc) is 2.18. The van der Waals surface area contributed by atoms with Crippen LogP contribution in [0.15, 0.2) is 0 Å². The Kier molecular flexibility index (Phi) is 3.42. The van der Waals surface area contributed by atoms with E-state index in [1.165, 1.54) is 12.8 Å². The van der Waals surface area contributed by atoms with Crippen LogP contribution < -0.4 is 0 Å². The first-order valence-electron chi connectivity index (χ1n) is 5.77. The molecule has 0 bridgehead atoms. The Morgan fingerprint density at radius 1 is 1.36 bits per heavy atom. The van der Waals surface area contributed by atoms with Gasteiger partial charge in [-0.25, -0.2) is 0 Å². The van der Waals surface area contributed by atoms with E-state index in [9.17, 15) is 5.11 Å². The van der Waals surface area contributed by atoms with E-state index < -0.39 is 0 Å². The predicted octanol–water partition coefficient (Wildman–Crippen LogP) is 0.868. The molecule has 2 saturated heterocycles. The van der Waals surface area contributed by atoms with Gasteiger partial charge >= 0.3 is 0 Å². The van der Waals surface area contributed by atoms with Crippen LogP contribution in [-0.4, -0.2) is 48.5 Å². The summed E-state index contributed by atoms with van der Waals surface area (Å²) in [6.45, 7) is 6.00. The van der Waals surface area contributed by atoms with Crippen LogP contribution in [0.1, 0.15) is 26.2 Å². The van der Waals surface area contributed by atoms with Gasteiger partial charge in [0.25, 0.3) is 0 Å². The average molecular weight is 199 g/mol. The van der Waals surface area contributed by atoms with Gasteiger partial charge in [0, 0.05) is 13.2 Å². The summed E-state index contributed by atoms with van der Waals surface area (Å²) in [4.78, 5) is 2.41. The highest BCUT2D eigenvalue weighted by atomic mass is 16.5. The Balaban J connectivity index is 1.91. The van der Waals surface area contributed by atoms with Crippen LogP contribution in [-0.2, 0) is 4.74 Å². The van der Waals surface area contributed by atoms with Crippen molar-refractivity contribution in [3.63, 3.8) is 0 Å². The number of likely N-dealkylation sites (tertiary alicyclic amines) is 1. The van der Waals surface area contributed by atoms with Crippen molar-refractivity contribution in [1.82, 2.24) is 4.90 Å². The van der Waals surface area contributed by atoms with Gasteiger partial charge in [-0.3, -0.25) is 4.90 Å². The van der Waals surface area contributed by atoms with Gasteiger partial charge in [-0.1, -0.05) is 6.92 Å². The number of aliphatic hydroxyl groups is 1. The van der Waals surface area contributed by atoms with E-state index >= 15 is 0 Å². The molecule has 2 heterocycles. The molecule has 3 nitrogen and oxygen atoms in total. The number of hydrogen-bond acceptors (Lipinski definition) is 3. The molecule has 2 fully saturated rings. The Bertz CT molecular complexity index is 186. The molecule has 2 aliphatic heterocycles. The van der Waals surface area contributed by atoms with Crippen molar-refractivity contribution in [1.29, 1.82) is 0 Å². The largest absolute Gasteiger partial charge is 0.391 e. The van der Waals surface area contributed by atoms with Crippen molar-refractivity contribution in [3.05, 3.63) is 0 Å². The fourth-order valence-corrected chi connectivity index (χ4v) is 2.59. The number of nitrogens with zero attached hydrogens (tertiary/aromatic N) is 1. The first kappa shape index (κ1) is 10.4. The van der Waals surface area contributed by atoms with Crippen molar-refractivity contribution in [2.75, 3.05) is 26.3 Å². The summed E-state index contributed by atoms with van der Waals surface area (Å²) in [5, 5.41) is 9.89. The molecular weight excluding hydrogens is 178 g/mol. The van der Waals surface area contributed by atoms with Crippen LogP contribution in [0, 0.1) is 5.92 Å². The van der Waals surface area contributed by atoms with E-state index in [4.69, 9.17) is 4.74 Å². The summed E-state index contributed by atoms with van der Waals surface area (Å²) >= 11 is 0. The lowest BCUT2D eigenvalue weighted by molar-refractivity contribution is -0.0701. The zero-order valence-electron chi connectivity index (χ0n) is 8.98. The second-order valence-electron chi connectivity index (χ2n) is 4.74. The first-order valence-corrected chi connectivity index (χ1v) is 5.77. The standard InChI is InChI=1S/C11H21NO2/c1-9-3-2-5-12(7-9)10-8-14-6-4-11(10)13/h9-11,13H,2-8H2,1H3. The van der Waals surface area contributed by atoms with Crippen LogP contribution in [0.25, 0.3) is 0 Å². The second-order valence-corrected chi connectivity index (χ2v) is 4.74. The van der Waals surface area contributed by atoms with Gasteiger partial charge in [-0.2, -0.15) is 0 Å². The molecule has 0 aliphatic carbocycles. The lowest BCUT2D eigenvalue weighted by atomic mass is 9.96. The van der Waals surface area contributed by atoms with Gasteiger partial charge in [0.05, 0.1) is 18.8 Å². The third-order valence-electron chi connectivity index (χ3n) is 3.45. The molecule has 2 rings (SSSR count). The Morgan fingerprint density at radius 2 is 2.21 bits per heavy atom. The van der Waals surface area contributed by atoms with Crippen LogP contribution in [0.4, 0.5) is 0 Å². The Labute approximate surface area is 86.0 Å². The molecule has 0 saturated carbocycles. The third kappa shape index (κ3) is 2.27. The van der Waals surface area contributed by atoms with Crippen molar-refractivity contribution in [3.8, 4) is 0 Å². The lowest BCUT2D eigenvalue weighted by Gasteiger charge is -2.41. The van der Waals surface area contributed by atoms with Gasteiger partial charge in [0.1, 0.15) is 0 Å². The maximum Gasteiger partial charge on any atom is 0.0739 e. The van der Waals surface area contributed by atoms with Crippen LogP contribution >= 0.6 is 0 Å². The molecule has 3 heteroatoms. The highest BCUT2D eigenvalue weighted by Gasteiger charge is 2.31. The zero-order valence-corrected chi connectivity index (χ0v) is 8.98. The van der Waals surface area contributed by atoms with Crippen molar-refractivity contribution >= 4 is 0 Å². The second kappa shape index (κ2) is 4.60. The van der Waals surface area contributed by atoms with Gasteiger partial charge in [0.2, 0.25) is 0 Å². The molecule has 0 spiro atoms. The summed E-state index contributed by atoms with van der Waals surface area (Å²) in [6.07, 6.45) is 3.23. The molecule has 14 heavy (non-hydrogen) atoms. The van der Waals surface area contributed by atoms with Gasteiger partial charge in [0.15, 0.2) is 0 Å². The van der Waals surface area contributed by atoms with E-state index in [1.807, 2.05) is 0 Å². The van der Waals surface area contributed by atoms with E-state index in [0.29, 0.717) is 6.61 Å². The first-order chi connectivity index (χ1) is 6.77. The normalized spacial score (nSPS) is 41.1.